The summed E-state index contributed by atoms with van der Waals surface area (Å²) in [6.07, 6.45) is 2.22. The summed E-state index contributed by atoms with van der Waals surface area (Å²) < 4.78 is 53.4. The number of benzene rings is 2. The van der Waals surface area contributed by atoms with E-state index in [-0.39, 0.29) is 18.2 Å². The van der Waals surface area contributed by atoms with Gasteiger partial charge in [-0.05, 0) is 79.3 Å². The molecule has 1 N–H and O–H groups in total. The molecule has 0 bridgehead atoms. The summed E-state index contributed by atoms with van der Waals surface area (Å²) in [5.74, 6) is -1.05. The van der Waals surface area contributed by atoms with Crippen LogP contribution in [0.1, 0.15) is 47.3 Å². The SMILES string of the molecule is O=C(c1ccc(C(F)(F)F)cc1F)N(Cc1cc(-c2ccc3ncnc(NC4CC4)c3c2)ccn1)C1CC1. The van der Waals surface area contributed by atoms with Crippen LogP contribution in [0.25, 0.3) is 22.0 Å². The summed E-state index contributed by atoms with van der Waals surface area (Å²) in [6, 6.07) is 12.0. The van der Waals surface area contributed by atoms with Crippen molar-refractivity contribution in [3.05, 3.63) is 83.7 Å². The molecule has 2 heterocycles. The van der Waals surface area contributed by atoms with Gasteiger partial charge in [0.05, 0.1) is 28.9 Å². The fraction of sp³-hybridized carbons (Fsp3) is 0.286. The van der Waals surface area contributed by atoms with Gasteiger partial charge in [0.2, 0.25) is 0 Å². The predicted octanol–water partition coefficient (Wildman–Crippen LogP) is 6.23. The minimum atomic E-state index is -4.69. The lowest BCUT2D eigenvalue weighted by molar-refractivity contribution is -0.137. The van der Waals surface area contributed by atoms with Gasteiger partial charge in [-0.1, -0.05) is 6.07 Å². The molecule has 2 aromatic carbocycles. The van der Waals surface area contributed by atoms with Crippen LogP contribution in [0.15, 0.2) is 61.1 Å². The Kier molecular flexibility index (Phi) is 5.97. The lowest BCUT2D eigenvalue weighted by atomic mass is 10.0. The largest absolute Gasteiger partial charge is 0.416 e. The first-order valence-electron chi connectivity index (χ1n) is 12.4. The first kappa shape index (κ1) is 24.3. The van der Waals surface area contributed by atoms with E-state index in [9.17, 15) is 22.4 Å². The van der Waals surface area contributed by atoms with Gasteiger partial charge in [-0.25, -0.2) is 14.4 Å². The van der Waals surface area contributed by atoms with Crippen molar-refractivity contribution in [2.24, 2.45) is 0 Å². The smallest absolute Gasteiger partial charge is 0.367 e. The van der Waals surface area contributed by atoms with Crippen molar-refractivity contribution in [1.82, 2.24) is 19.9 Å². The second-order valence-corrected chi connectivity index (χ2v) is 9.77. The molecule has 0 radical (unpaired) electrons. The molecule has 6 rings (SSSR count). The third kappa shape index (κ3) is 5.03. The lowest BCUT2D eigenvalue weighted by Crippen LogP contribution is -2.33. The molecule has 194 valence electrons. The minimum absolute atomic E-state index is 0.108. The monoisotopic (exact) mass is 521 g/mol. The average molecular weight is 522 g/mol. The van der Waals surface area contributed by atoms with Crippen molar-refractivity contribution >= 4 is 22.6 Å². The summed E-state index contributed by atoms with van der Waals surface area (Å²) in [5.41, 5.74) is 1.71. The van der Waals surface area contributed by atoms with Crippen LogP contribution < -0.4 is 5.32 Å². The van der Waals surface area contributed by atoms with Crippen LogP contribution in [0.2, 0.25) is 0 Å². The highest BCUT2D eigenvalue weighted by atomic mass is 19.4. The van der Waals surface area contributed by atoms with E-state index in [1.54, 1.807) is 12.5 Å². The summed E-state index contributed by atoms with van der Waals surface area (Å²) in [5, 5.41) is 4.34. The van der Waals surface area contributed by atoms with Crippen LogP contribution in [0, 0.1) is 5.82 Å². The quantitative estimate of drug-likeness (QED) is 0.292. The number of nitrogens with zero attached hydrogens (tertiary/aromatic N) is 4. The second kappa shape index (κ2) is 9.34. The fourth-order valence-electron chi connectivity index (χ4n) is 4.46. The van der Waals surface area contributed by atoms with Gasteiger partial charge in [0.1, 0.15) is 18.0 Å². The summed E-state index contributed by atoms with van der Waals surface area (Å²) in [7, 11) is 0. The molecule has 0 unspecified atom stereocenters. The van der Waals surface area contributed by atoms with Gasteiger partial charge in [-0.15, -0.1) is 0 Å². The number of rotatable bonds is 7. The van der Waals surface area contributed by atoms with Crippen molar-refractivity contribution in [3.63, 3.8) is 0 Å². The van der Waals surface area contributed by atoms with Gasteiger partial charge in [-0.3, -0.25) is 9.78 Å². The highest BCUT2D eigenvalue weighted by Gasteiger charge is 2.36. The van der Waals surface area contributed by atoms with Crippen molar-refractivity contribution in [2.45, 2.75) is 50.5 Å². The third-order valence-electron chi connectivity index (χ3n) is 6.81. The normalized spacial score (nSPS) is 15.5. The van der Waals surface area contributed by atoms with Crippen LogP contribution in [0.4, 0.5) is 23.4 Å². The number of pyridine rings is 1. The molecule has 2 saturated carbocycles. The minimum Gasteiger partial charge on any atom is -0.367 e. The Labute approximate surface area is 215 Å². The molecule has 4 aromatic rings. The highest BCUT2D eigenvalue weighted by Crippen LogP contribution is 2.34. The lowest BCUT2D eigenvalue weighted by Gasteiger charge is -2.23. The molecular formula is C28H23F4N5O. The van der Waals surface area contributed by atoms with Crippen LogP contribution >= 0.6 is 0 Å². The Balaban J connectivity index is 1.27. The first-order valence-corrected chi connectivity index (χ1v) is 12.4. The Morgan fingerprint density at radius 2 is 1.74 bits per heavy atom. The molecule has 2 aliphatic rings. The van der Waals surface area contributed by atoms with Crippen LogP contribution in [-0.4, -0.2) is 37.8 Å². The van der Waals surface area contributed by atoms with Crippen LogP contribution in [0.5, 0.6) is 0 Å². The molecule has 2 aromatic heterocycles. The molecule has 0 aliphatic heterocycles. The molecule has 2 aliphatic carbocycles. The van der Waals surface area contributed by atoms with Gasteiger partial charge in [0.15, 0.2) is 0 Å². The average Bonchev–Trinajstić information content (AvgIpc) is 3.82. The number of carbonyl (C=O) groups is 1. The van der Waals surface area contributed by atoms with E-state index in [2.05, 4.69) is 20.3 Å². The topological polar surface area (TPSA) is 71.0 Å². The van der Waals surface area contributed by atoms with Crippen molar-refractivity contribution < 1.29 is 22.4 Å². The number of fused-ring (bicyclic) bond motifs is 1. The first-order chi connectivity index (χ1) is 18.3. The number of amides is 1. The summed E-state index contributed by atoms with van der Waals surface area (Å²) in [4.78, 5) is 27.9. The van der Waals surface area contributed by atoms with Crippen molar-refractivity contribution in [2.75, 3.05) is 5.32 Å². The van der Waals surface area contributed by atoms with E-state index >= 15 is 0 Å². The van der Waals surface area contributed by atoms with Gasteiger partial charge >= 0.3 is 6.18 Å². The van der Waals surface area contributed by atoms with Crippen LogP contribution in [-0.2, 0) is 12.7 Å². The Bertz CT molecular complexity index is 1530. The number of aromatic nitrogens is 3. The molecule has 10 heteroatoms. The highest BCUT2D eigenvalue weighted by molar-refractivity contribution is 5.95. The molecule has 0 saturated heterocycles. The zero-order chi connectivity index (χ0) is 26.4. The van der Waals surface area contributed by atoms with E-state index in [1.165, 1.54) is 4.90 Å². The van der Waals surface area contributed by atoms with Crippen LogP contribution in [0.3, 0.4) is 0 Å². The summed E-state index contributed by atoms with van der Waals surface area (Å²) in [6.45, 7) is 0.114. The van der Waals surface area contributed by atoms with Crippen molar-refractivity contribution in [3.8, 4) is 11.1 Å². The summed E-state index contributed by atoms with van der Waals surface area (Å²) >= 11 is 0. The zero-order valence-corrected chi connectivity index (χ0v) is 20.2. The maximum atomic E-state index is 14.6. The number of anilines is 1. The number of hydrogen-bond acceptors (Lipinski definition) is 5. The van der Waals surface area contributed by atoms with E-state index in [0.717, 1.165) is 65.7 Å². The van der Waals surface area contributed by atoms with Gasteiger partial charge < -0.3 is 10.2 Å². The number of alkyl halides is 3. The molecule has 1 amide bonds. The van der Waals surface area contributed by atoms with Crippen molar-refractivity contribution in [1.29, 1.82) is 0 Å². The molecule has 38 heavy (non-hydrogen) atoms. The second-order valence-electron chi connectivity index (χ2n) is 9.77. The predicted molar refractivity (Wildman–Crippen MR) is 134 cm³/mol. The molecule has 6 nitrogen and oxygen atoms in total. The molecule has 2 fully saturated rings. The Morgan fingerprint density at radius 3 is 2.45 bits per heavy atom. The third-order valence-corrected chi connectivity index (χ3v) is 6.81. The number of nitrogens with one attached hydrogen (secondary N) is 1. The Hall–Kier alpha value is -4.08. The standard InChI is InChI=1S/C28H23F4N5O/c29-24-13-18(28(30,31)32)2-7-22(24)27(38)37(21-5-6-21)14-20-11-17(9-10-33-20)16-1-8-25-23(12-16)26(35-15-34-25)36-19-3-4-19/h1-2,7-13,15,19,21H,3-6,14H2,(H,34,35,36). The van der Waals surface area contributed by atoms with Gasteiger partial charge in [0.25, 0.3) is 5.91 Å². The number of halogens is 4. The van der Waals surface area contributed by atoms with Gasteiger partial charge in [-0.2, -0.15) is 13.2 Å². The maximum absolute atomic E-state index is 14.6. The number of hydrogen-bond donors (Lipinski definition) is 1. The molecule has 0 atom stereocenters. The van der Waals surface area contributed by atoms with E-state index in [0.29, 0.717) is 17.8 Å². The van der Waals surface area contributed by atoms with Gasteiger partial charge in [0, 0.05) is 23.7 Å². The fourth-order valence-corrected chi connectivity index (χ4v) is 4.46. The Morgan fingerprint density at radius 1 is 0.947 bits per heavy atom. The number of carbonyl (C=O) groups excluding carboxylic acids is 1. The maximum Gasteiger partial charge on any atom is 0.416 e. The zero-order valence-electron chi connectivity index (χ0n) is 20.2. The molecular weight excluding hydrogens is 498 g/mol. The van der Waals surface area contributed by atoms with E-state index in [1.807, 2.05) is 30.3 Å². The van der Waals surface area contributed by atoms with E-state index in [4.69, 9.17) is 0 Å². The van der Waals surface area contributed by atoms with E-state index < -0.39 is 23.5 Å². The molecule has 0 spiro atoms.